The van der Waals surface area contributed by atoms with Crippen molar-refractivity contribution in [1.82, 2.24) is 5.32 Å². The lowest BCUT2D eigenvalue weighted by molar-refractivity contribution is 0.390. The summed E-state index contributed by atoms with van der Waals surface area (Å²) in [4.78, 5) is 0. The third-order valence-electron chi connectivity index (χ3n) is 4.49. The van der Waals surface area contributed by atoms with Gasteiger partial charge in [-0.3, -0.25) is 0 Å². The number of piperidine rings is 1. The van der Waals surface area contributed by atoms with Crippen LogP contribution in [-0.4, -0.2) is 13.1 Å². The molecule has 0 aromatic carbocycles. The molecule has 3 rings (SSSR count). The Morgan fingerprint density at radius 2 is 1.93 bits per heavy atom. The Hall–Kier alpha value is -0.300. The van der Waals surface area contributed by atoms with Crippen LogP contribution in [0, 0.1) is 17.8 Å². The second-order valence-corrected chi connectivity index (χ2v) is 5.41. The van der Waals surface area contributed by atoms with Crippen molar-refractivity contribution in [1.29, 1.82) is 0 Å². The highest BCUT2D eigenvalue weighted by Gasteiger charge is 2.38. The minimum Gasteiger partial charge on any atom is -0.316 e. The molecule has 78 valence electrons. The zero-order valence-corrected chi connectivity index (χ0v) is 8.97. The van der Waals surface area contributed by atoms with Gasteiger partial charge < -0.3 is 5.32 Å². The zero-order valence-electron chi connectivity index (χ0n) is 8.97. The summed E-state index contributed by atoms with van der Waals surface area (Å²) in [6, 6.07) is 0. The van der Waals surface area contributed by atoms with E-state index in [0.717, 1.165) is 17.8 Å². The van der Waals surface area contributed by atoms with E-state index in [1.807, 2.05) is 0 Å². The fraction of sp³-hybridized carbons (Fsp3) is 0.846. The summed E-state index contributed by atoms with van der Waals surface area (Å²) < 4.78 is 0. The minimum absolute atomic E-state index is 0.974. The number of hydrogen-bond acceptors (Lipinski definition) is 1. The average molecular weight is 191 g/mol. The second-order valence-electron chi connectivity index (χ2n) is 5.41. The lowest BCUT2D eigenvalue weighted by Crippen LogP contribution is -2.23. The van der Waals surface area contributed by atoms with E-state index in [-0.39, 0.29) is 0 Å². The lowest BCUT2D eigenvalue weighted by Gasteiger charge is -2.22. The Balaban J connectivity index is 1.65. The Kier molecular flexibility index (Phi) is 2.36. The van der Waals surface area contributed by atoms with Crippen molar-refractivity contribution in [2.75, 3.05) is 13.1 Å². The van der Waals surface area contributed by atoms with Gasteiger partial charge in [0.05, 0.1) is 0 Å². The van der Waals surface area contributed by atoms with Crippen LogP contribution >= 0.6 is 0 Å². The van der Waals surface area contributed by atoms with Crippen LogP contribution in [0.2, 0.25) is 0 Å². The lowest BCUT2D eigenvalue weighted by atomic mass is 9.86. The standard InChI is InChI=1S/C13H21N/c1-2-12-8-11(1)9-13(12)7-10-3-5-14-6-4-10/h7,11-14H,1-6,8-9H2. The molecule has 2 saturated carbocycles. The fourth-order valence-electron chi connectivity index (χ4n) is 3.72. The molecule has 1 N–H and O–H groups in total. The Morgan fingerprint density at radius 1 is 1.07 bits per heavy atom. The van der Waals surface area contributed by atoms with Crippen LogP contribution in [0.1, 0.15) is 38.5 Å². The highest BCUT2D eigenvalue weighted by atomic mass is 14.9. The summed E-state index contributed by atoms with van der Waals surface area (Å²) in [5.74, 6) is 3.15. The van der Waals surface area contributed by atoms with E-state index in [4.69, 9.17) is 0 Å². The van der Waals surface area contributed by atoms with E-state index in [0.29, 0.717) is 0 Å². The maximum atomic E-state index is 3.43. The zero-order chi connectivity index (χ0) is 9.38. The van der Waals surface area contributed by atoms with Crippen molar-refractivity contribution in [2.45, 2.75) is 38.5 Å². The van der Waals surface area contributed by atoms with Gasteiger partial charge >= 0.3 is 0 Å². The first-order chi connectivity index (χ1) is 6.92. The molecule has 1 aliphatic heterocycles. The van der Waals surface area contributed by atoms with Crippen molar-refractivity contribution < 1.29 is 0 Å². The number of hydrogen-bond donors (Lipinski definition) is 1. The summed E-state index contributed by atoms with van der Waals surface area (Å²) >= 11 is 0. The summed E-state index contributed by atoms with van der Waals surface area (Å²) in [5, 5.41) is 3.43. The molecule has 3 unspecified atom stereocenters. The topological polar surface area (TPSA) is 12.0 Å². The molecule has 1 saturated heterocycles. The quantitative estimate of drug-likeness (QED) is 0.628. The third-order valence-corrected chi connectivity index (χ3v) is 4.49. The van der Waals surface area contributed by atoms with E-state index >= 15 is 0 Å². The molecule has 1 nitrogen and oxygen atoms in total. The Bertz CT molecular complexity index is 236. The molecule has 2 bridgehead atoms. The first-order valence-corrected chi connectivity index (χ1v) is 6.32. The largest absolute Gasteiger partial charge is 0.316 e. The molecule has 1 heterocycles. The van der Waals surface area contributed by atoms with Crippen molar-refractivity contribution in [3.05, 3.63) is 11.6 Å². The SMILES string of the molecule is C(=C1CCNCC1)C1CC2CCC1C2. The van der Waals surface area contributed by atoms with Crippen LogP contribution in [0.5, 0.6) is 0 Å². The summed E-state index contributed by atoms with van der Waals surface area (Å²) in [5.41, 5.74) is 1.75. The molecule has 0 radical (unpaired) electrons. The predicted octanol–water partition coefficient (Wildman–Crippen LogP) is 2.73. The van der Waals surface area contributed by atoms with Crippen LogP contribution in [0.4, 0.5) is 0 Å². The van der Waals surface area contributed by atoms with Gasteiger partial charge in [-0.1, -0.05) is 18.1 Å². The summed E-state index contributed by atoms with van der Waals surface area (Å²) in [6.45, 7) is 2.43. The van der Waals surface area contributed by atoms with Crippen LogP contribution in [0.25, 0.3) is 0 Å². The molecule has 3 aliphatic rings. The minimum atomic E-state index is 0.974. The van der Waals surface area contributed by atoms with Crippen molar-refractivity contribution in [3.8, 4) is 0 Å². The molecule has 0 spiro atoms. The fourth-order valence-corrected chi connectivity index (χ4v) is 3.72. The average Bonchev–Trinajstić information content (AvgIpc) is 2.81. The maximum absolute atomic E-state index is 3.43. The van der Waals surface area contributed by atoms with Gasteiger partial charge in [0.1, 0.15) is 0 Å². The van der Waals surface area contributed by atoms with Crippen molar-refractivity contribution in [3.63, 3.8) is 0 Å². The van der Waals surface area contributed by atoms with Crippen LogP contribution < -0.4 is 5.32 Å². The summed E-state index contributed by atoms with van der Waals surface area (Å²) in [6.07, 6.45) is 11.4. The second kappa shape index (κ2) is 3.69. The van der Waals surface area contributed by atoms with E-state index in [9.17, 15) is 0 Å². The van der Waals surface area contributed by atoms with Crippen LogP contribution in [0.3, 0.4) is 0 Å². The van der Waals surface area contributed by atoms with Gasteiger partial charge in [0, 0.05) is 0 Å². The van der Waals surface area contributed by atoms with Gasteiger partial charge in [-0.2, -0.15) is 0 Å². The Morgan fingerprint density at radius 3 is 2.57 bits per heavy atom. The molecular weight excluding hydrogens is 170 g/mol. The molecular formula is C13H21N. The Labute approximate surface area is 87.0 Å². The van der Waals surface area contributed by atoms with E-state index in [1.165, 1.54) is 45.2 Å². The molecule has 14 heavy (non-hydrogen) atoms. The van der Waals surface area contributed by atoms with E-state index < -0.39 is 0 Å². The van der Waals surface area contributed by atoms with Gasteiger partial charge in [-0.05, 0) is 62.9 Å². The van der Waals surface area contributed by atoms with Crippen molar-refractivity contribution >= 4 is 0 Å². The van der Waals surface area contributed by atoms with Crippen LogP contribution in [-0.2, 0) is 0 Å². The first-order valence-electron chi connectivity index (χ1n) is 6.32. The molecule has 2 aliphatic carbocycles. The number of nitrogens with one attached hydrogen (secondary N) is 1. The molecule has 0 amide bonds. The van der Waals surface area contributed by atoms with Gasteiger partial charge in [-0.15, -0.1) is 0 Å². The predicted molar refractivity (Wildman–Crippen MR) is 59.1 cm³/mol. The smallest absolute Gasteiger partial charge is 0.00115 e. The van der Waals surface area contributed by atoms with E-state index in [1.54, 1.807) is 12.0 Å². The highest BCUT2D eigenvalue weighted by Crippen LogP contribution is 2.49. The maximum Gasteiger partial charge on any atom is -0.00115 e. The number of rotatable bonds is 1. The normalized spacial score (nSPS) is 41.7. The summed E-state index contributed by atoms with van der Waals surface area (Å²) in [7, 11) is 0. The van der Waals surface area contributed by atoms with Gasteiger partial charge in [0.15, 0.2) is 0 Å². The molecule has 0 aromatic rings. The molecule has 3 fully saturated rings. The number of allylic oxidation sites excluding steroid dienone is 1. The monoisotopic (exact) mass is 191 g/mol. The first kappa shape index (κ1) is 8.96. The van der Waals surface area contributed by atoms with Gasteiger partial charge in [0.2, 0.25) is 0 Å². The van der Waals surface area contributed by atoms with E-state index in [2.05, 4.69) is 11.4 Å². The van der Waals surface area contributed by atoms with Crippen LogP contribution in [0.15, 0.2) is 11.6 Å². The third kappa shape index (κ3) is 1.63. The van der Waals surface area contributed by atoms with Gasteiger partial charge in [0.25, 0.3) is 0 Å². The molecule has 1 heteroatoms. The molecule has 3 atom stereocenters. The molecule has 0 aromatic heterocycles. The van der Waals surface area contributed by atoms with Crippen molar-refractivity contribution in [2.24, 2.45) is 17.8 Å². The highest BCUT2D eigenvalue weighted by molar-refractivity contribution is 5.11. The number of fused-ring (bicyclic) bond motifs is 2. The van der Waals surface area contributed by atoms with Gasteiger partial charge in [-0.25, -0.2) is 0 Å².